The molecule has 33 heavy (non-hydrogen) atoms. The van der Waals surface area contributed by atoms with Crippen molar-refractivity contribution in [1.29, 1.82) is 0 Å². The summed E-state index contributed by atoms with van der Waals surface area (Å²) in [6, 6.07) is 22.0. The summed E-state index contributed by atoms with van der Waals surface area (Å²) in [6.45, 7) is 8.06. The number of anilines is 2. The maximum atomic E-state index is 12.0. The molecule has 1 aliphatic heterocycles. The molecule has 2 aromatic rings. The summed E-state index contributed by atoms with van der Waals surface area (Å²) in [5, 5.41) is 6.54. The van der Waals surface area contributed by atoms with E-state index in [2.05, 4.69) is 48.7 Å². The minimum absolute atomic E-state index is 0.0292. The molecule has 1 unspecified atom stereocenters. The summed E-state index contributed by atoms with van der Waals surface area (Å²) in [4.78, 5) is 23.6. The predicted octanol–water partition coefficient (Wildman–Crippen LogP) is 6.22. The molecule has 0 spiro atoms. The summed E-state index contributed by atoms with van der Waals surface area (Å²) < 4.78 is 5.11. The van der Waals surface area contributed by atoms with Crippen LogP contribution in [-0.4, -0.2) is 18.5 Å². The quantitative estimate of drug-likeness (QED) is 0.368. The van der Waals surface area contributed by atoms with Crippen molar-refractivity contribution in [2.24, 2.45) is 5.41 Å². The van der Waals surface area contributed by atoms with Crippen molar-refractivity contribution in [3.8, 4) is 11.1 Å². The molecule has 1 amide bonds. The first-order valence-corrected chi connectivity index (χ1v) is 11.3. The van der Waals surface area contributed by atoms with E-state index in [9.17, 15) is 9.59 Å². The highest BCUT2D eigenvalue weighted by Crippen LogP contribution is 2.46. The minimum Gasteiger partial charge on any atom is -0.462 e. The van der Waals surface area contributed by atoms with Gasteiger partial charge in [-0.3, -0.25) is 4.79 Å². The van der Waals surface area contributed by atoms with Gasteiger partial charge in [0.05, 0.1) is 18.2 Å². The molecule has 1 heterocycles. The topological polar surface area (TPSA) is 67.4 Å². The molecule has 2 aliphatic carbocycles. The van der Waals surface area contributed by atoms with E-state index in [0.717, 1.165) is 28.9 Å². The van der Waals surface area contributed by atoms with Crippen LogP contribution in [0.3, 0.4) is 0 Å². The Hall–Kier alpha value is -3.60. The van der Waals surface area contributed by atoms with Crippen molar-refractivity contribution in [2.45, 2.75) is 40.2 Å². The van der Waals surface area contributed by atoms with Gasteiger partial charge in [0.1, 0.15) is 0 Å². The number of amides is 1. The van der Waals surface area contributed by atoms with Crippen LogP contribution < -0.4 is 10.6 Å². The summed E-state index contributed by atoms with van der Waals surface area (Å²) in [6.07, 6.45) is 0.807. The van der Waals surface area contributed by atoms with Crippen LogP contribution in [-0.2, 0) is 16.0 Å². The first-order chi connectivity index (χ1) is 15.8. The Morgan fingerprint density at radius 3 is 2.36 bits per heavy atom. The van der Waals surface area contributed by atoms with Crippen LogP contribution >= 0.6 is 0 Å². The molecule has 0 bridgehead atoms. The Labute approximate surface area is 195 Å². The van der Waals surface area contributed by atoms with E-state index in [1.165, 1.54) is 18.1 Å². The van der Waals surface area contributed by atoms with Crippen LogP contribution in [0.15, 0.2) is 66.7 Å². The fourth-order valence-corrected chi connectivity index (χ4v) is 4.39. The molecule has 0 aromatic heterocycles. The number of benzene rings is 3. The Morgan fingerprint density at radius 1 is 1.03 bits per heavy atom. The normalized spacial score (nSPS) is 16.3. The van der Waals surface area contributed by atoms with Crippen LogP contribution in [0.5, 0.6) is 0 Å². The smallest absolute Gasteiger partial charge is 0.338 e. The lowest BCUT2D eigenvalue weighted by Gasteiger charge is -2.42. The van der Waals surface area contributed by atoms with Gasteiger partial charge in [-0.2, -0.15) is 0 Å². The van der Waals surface area contributed by atoms with E-state index in [1.54, 1.807) is 13.0 Å². The number of ether oxygens (including phenoxy) is 1. The zero-order valence-electron chi connectivity index (χ0n) is 19.6. The highest BCUT2D eigenvalue weighted by atomic mass is 16.5. The van der Waals surface area contributed by atoms with Gasteiger partial charge in [0, 0.05) is 18.3 Å². The molecule has 3 aliphatic rings. The zero-order chi connectivity index (χ0) is 23.6. The van der Waals surface area contributed by atoms with Crippen LogP contribution in [0.4, 0.5) is 11.4 Å². The minimum atomic E-state index is -0.295. The summed E-state index contributed by atoms with van der Waals surface area (Å²) in [5.41, 5.74) is 7.29. The van der Waals surface area contributed by atoms with E-state index in [0.29, 0.717) is 12.2 Å². The molecule has 170 valence electrons. The summed E-state index contributed by atoms with van der Waals surface area (Å²) >= 11 is 0. The molecule has 0 fully saturated rings. The number of fused-ring (bicyclic) bond motifs is 2. The second-order valence-electron chi connectivity index (χ2n) is 9.18. The lowest BCUT2D eigenvalue weighted by molar-refractivity contribution is -0.114. The van der Waals surface area contributed by atoms with Gasteiger partial charge < -0.3 is 15.4 Å². The van der Waals surface area contributed by atoms with E-state index in [-0.39, 0.29) is 23.3 Å². The highest BCUT2D eigenvalue weighted by molar-refractivity contribution is 5.91. The van der Waals surface area contributed by atoms with Gasteiger partial charge in [-0.25, -0.2) is 4.79 Å². The van der Waals surface area contributed by atoms with Crippen molar-refractivity contribution < 1.29 is 14.3 Å². The second kappa shape index (κ2) is 9.10. The van der Waals surface area contributed by atoms with Gasteiger partial charge in [-0.15, -0.1) is 0 Å². The fraction of sp³-hybridized carbons (Fsp3) is 0.286. The van der Waals surface area contributed by atoms with Crippen LogP contribution in [0, 0.1) is 5.41 Å². The van der Waals surface area contributed by atoms with Crippen LogP contribution in [0.25, 0.3) is 11.1 Å². The number of carbonyl (C=O) groups is 2. The van der Waals surface area contributed by atoms with E-state index >= 15 is 0 Å². The average Bonchev–Trinajstić information content (AvgIpc) is 3.37. The van der Waals surface area contributed by atoms with Crippen molar-refractivity contribution in [3.05, 3.63) is 83.4 Å². The number of carbonyl (C=O) groups excluding carboxylic acids is 2. The molecule has 5 heteroatoms. The Balaban J connectivity index is 0.000000367. The molecule has 0 saturated carbocycles. The van der Waals surface area contributed by atoms with Crippen molar-refractivity contribution in [1.82, 2.24) is 0 Å². The van der Waals surface area contributed by atoms with E-state index in [1.807, 2.05) is 36.4 Å². The highest BCUT2D eigenvalue weighted by Gasteiger charge is 2.37. The first kappa shape index (κ1) is 22.6. The SMILES string of the molecule is CCOC(=O)c1ccc2c(c1)CC(C)(C)C(c1ccccc1NC(C)=O)N2.c1cc2cc-2c1. The molecule has 0 saturated heterocycles. The van der Waals surface area contributed by atoms with Crippen molar-refractivity contribution >= 4 is 23.3 Å². The lowest BCUT2D eigenvalue weighted by Crippen LogP contribution is -2.35. The van der Waals surface area contributed by atoms with E-state index < -0.39 is 0 Å². The van der Waals surface area contributed by atoms with Gasteiger partial charge in [0.15, 0.2) is 0 Å². The Morgan fingerprint density at radius 2 is 1.76 bits per heavy atom. The lowest BCUT2D eigenvalue weighted by atomic mass is 9.72. The predicted molar refractivity (Wildman–Crippen MR) is 132 cm³/mol. The van der Waals surface area contributed by atoms with Gasteiger partial charge in [-0.05, 0) is 71.3 Å². The van der Waals surface area contributed by atoms with Gasteiger partial charge in [0.2, 0.25) is 5.91 Å². The van der Waals surface area contributed by atoms with E-state index in [4.69, 9.17) is 4.74 Å². The maximum Gasteiger partial charge on any atom is 0.338 e. The zero-order valence-corrected chi connectivity index (χ0v) is 19.6. The Bertz CT molecular complexity index is 1180. The third-order valence-electron chi connectivity index (χ3n) is 6.04. The second-order valence-corrected chi connectivity index (χ2v) is 9.18. The number of hydrogen-bond donors (Lipinski definition) is 2. The monoisotopic (exact) mass is 442 g/mol. The average molecular weight is 443 g/mol. The van der Waals surface area contributed by atoms with Crippen molar-refractivity contribution in [3.63, 3.8) is 0 Å². The summed E-state index contributed by atoms with van der Waals surface area (Å²) in [7, 11) is 0. The third kappa shape index (κ3) is 5.08. The van der Waals surface area contributed by atoms with Gasteiger partial charge in [0.25, 0.3) is 0 Å². The first-order valence-electron chi connectivity index (χ1n) is 11.3. The van der Waals surface area contributed by atoms with Crippen LogP contribution in [0.2, 0.25) is 0 Å². The molecular formula is C28H30N2O3. The van der Waals surface area contributed by atoms with Gasteiger partial charge >= 0.3 is 5.97 Å². The fourth-order valence-electron chi connectivity index (χ4n) is 4.39. The number of esters is 1. The van der Waals surface area contributed by atoms with Gasteiger partial charge in [-0.1, -0.05) is 50.2 Å². The molecule has 5 rings (SSSR count). The molecular weight excluding hydrogens is 412 g/mol. The number of rotatable bonds is 4. The largest absolute Gasteiger partial charge is 0.462 e. The standard InChI is InChI=1S/C22H26N2O3.C6H4/c1-5-27-21(26)15-10-11-18-16(12-15)13-22(3,4)20(24-18)17-8-6-7-9-19(17)23-14(2)25;1-2-5-4-6(5)3-1/h6-12,20,24H,5,13H2,1-4H3,(H,23,25);1-4H. The maximum absolute atomic E-state index is 12.0. The molecule has 2 aromatic carbocycles. The number of nitrogens with one attached hydrogen (secondary N) is 2. The molecule has 2 N–H and O–H groups in total. The number of hydrogen-bond acceptors (Lipinski definition) is 4. The summed E-state index contributed by atoms with van der Waals surface area (Å²) in [5.74, 6) is -0.383. The molecule has 0 radical (unpaired) electrons. The Kier molecular flexibility index (Phi) is 6.23. The molecule has 1 atom stereocenters. The molecule has 5 nitrogen and oxygen atoms in total. The van der Waals surface area contributed by atoms with Crippen LogP contribution in [0.1, 0.15) is 55.2 Å². The number of para-hydroxylation sites is 1. The third-order valence-corrected chi connectivity index (χ3v) is 6.04. The van der Waals surface area contributed by atoms with Crippen molar-refractivity contribution in [2.75, 3.05) is 17.2 Å².